The molecular weight excluding hydrogens is 460 g/mol. The second-order valence-corrected chi connectivity index (χ2v) is 7.59. The van der Waals surface area contributed by atoms with E-state index in [0.29, 0.717) is 16.1 Å². The van der Waals surface area contributed by atoms with Crippen LogP contribution in [0.5, 0.6) is 11.5 Å². The minimum atomic E-state index is -0.849. The molecule has 3 rings (SSSR count). The van der Waals surface area contributed by atoms with Gasteiger partial charge in [-0.3, -0.25) is 0 Å². The van der Waals surface area contributed by atoms with Crippen LogP contribution in [0.3, 0.4) is 0 Å². The third kappa shape index (κ3) is 5.16. The molecule has 34 heavy (non-hydrogen) atoms. The molecule has 2 aromatic rings. The van der Waals surface area contributed by atoms with E-state index in [4.69, 9.17) is 36.3 Å². The summed E-state index contributed by atoms with van der Waals surface area (Å²) < 4.78 is 21.9. The molecule has 0 saturated heterocycles. The van der Waals surface area contributed by atoms with Crippen molar-refractivity contribution >= 4 is 23.5 Å². The highest BCUT2D eigenvalue weighted by atomic mass is 35.5. The van der Waals surface area contributed by atoms with Crippen molar-refractivity contribution in [3.05, 3.63) is 81.4 Å². The van der Waals surface area contributed by atoms with Crippen LogP contribution >= 0.6 is 11.6 Å². The van der Waals surface area contributed by atoms with E-state index in [1.54, 1.807) is 57.2 Å². The number of halogens is 1. The lowest BCUT2D eigenvalue weighted by molar-refractivity contribution is -0.139. The fraction of sp³-hybridized carbons (Fsp3) is 0.240. The number of carbonyl (C=O) groups is 2. The Hall–Kier alpha value is -3.96. The van der Waals surface area contributed by atoms with E-state index in [1.165, 1.54) is 6.07 Å². The summed E-state index contributed by atoms with van der Waals surface area (Å²) in [5.41, 5.74) is 6.99. The zero-order valence-corrected chi connectivity index (χ0v) is 19.6. The van der Waals surface area contributed by atoms with Gasteiger partial charge >= 0.3 is 11.9 Å². The molecule has 1 atom stereocenters. The molecular formula is C25H23ClN2O6. The fourth-order valence-corrected chi connectivity index (χ4v) is 3.62. The molecule has 1 unspecified atom stereocenters. The summed E-state index contributed by atoms with van der Waals surface area (Å²) in [6, 6.07) is 13.1. The first-order valence-electron chi connectivity index (χ1n) is 10.5. The molecule has 1 aliphatic heterocycles. The standard InChI is InChI=1S/C25H23ClN2O6/c1-4-31-20-12-16(8-11-19(20)34-24(29)15-6-9-17(26)10-7-15)22-18(13-27)23(28)33-14(3)21(22)25(30)32-5-2/h6-12,22H,4-5,28H2,1-3H3. The Kier molecular flexibility index (Phi) is 7.82. The molecule has 0 aliphatic carbocycles. The Morgan fingerprint density at radius 1 is 1.09 bits per heavy atom. The van der Waals surface area contributed by atoms with E-state index in [9.17, 15) is 14.9 Å². The third-order valence-corrected chi connectivity index (χ3v) is 5.24. The first kappa shape index (κ1) is 24.7. The van der Waals surface area contributed by atoms with Crippen molar-refractivity contribution in [1.82, 2.24) is 0 Å². The number of nitriles is 1. The molecule has 0 amide bonds. The molecule has 0 spiro atoms. The maximum absolute atomic E-state index is 12.7. The predicted octanol–water partition coefficient (Wildman–Crippen LogP) is 4.60. The highest BCUT2D eigenvalue weighted by Crippen LogP contribution is 2.42. The molecule has 1 aliphatic rings. The average molecular weight is 483 g/mol. The second kappa shape index (κ2) is 10.8. The number of benzene rings is 2. The molecule has 0 fully saturated rings. The van der Waals surface area contributed by atoms with Crippen molar-refractivity contribution in [3.63, 3.8) is 0 Å². The zero-order chi connectivity index (χ0) is 24.8. The number of nitrogens with zero attached hydrogens (tertiary/aromatic N) is 1. The quantitative estimate of drug-likeness (QED) is 0.448. The molecule has 176 valence electrons. The van der Waals surface area contributed by atoms with Crippen LogP contribution in [0.15, 0.2) is 65.3 Å². The number of rotatable bonds is 7. The van der Waals surface area contributed by atoms with Crippen LogP contribution < -0.4 is 15.2 Å². The Balaban J connectivity index is 2.04. The highest BCUT2D eigenvalue weighted by molar-refractivity contribution is 6.30. The average Bonchev–Trinajstić information content (AvgIpc) is 2.80. The Morgan fingerprint density at radius 3 is 2.41 bits per heavy atom. The summed E-state index contributed by atoms with van der Waals surface area (Å²) in [5, 5.41) is 10.2. The van der Waals surface area contributed by atoms with Gasteiger partial charge in [-0.1, -0.05) is 17.7 Å². The molecule has 0 saturated carbocycles. The van der Waals surface area contributed by atoms with Gasteiger partial charge < -0.3 is 24.7 Å². The number of hydrogen-bond acceptors (Lipinski definition) is 8. The first-order chi connectivity index (χ1) is 16.3. The van der Waals surface area contributed by atoms with Crippen LogP contribution in [0.2, 0.25) is 5.02 Å². The van der Waals surface area contributed by atoms with Crippen molar-refractivity contribution in [1.29, 1.82) is 5.26 Å². The molecule has 1 heterocycles. The van der Waals surface area contributed by atoms with E-state index in [0.717, 1.165) is 0 Å². The minimum absolute atomic E-state index is 0.0574. The van der Waals surface area contributed by atoms with Crippen LogP contribution in [-0.4, -0.2) is 25.2 Å². The summed E-state index contributed by atoms with van der Waals surface area (Å²) >= 11 is 5.88. The van der Waals surface area contributed by atoms with Crippen LogP contribution in [0, 0.1) is 11.3 Å². The van der Waals surface area contributed by atoms with Gasteiger partial charge in [-0.25, -0.2) is 9.59 Å². The molecule has 0 bridgehead atoms. The lowest BCUT2D eigenvalue weighted by atomic mass is 9.83. The topological polar surface area (TPSA) is 121 Å². The van der Waals surface area contributed by atoms with Crippen LogP contribution in [0.4, 0.5) is 0 Å². The molecule has 0 aromatic heterocycles. The number of esters is 2. The predicted molar refractivity (Wildman–Crippen MR) is 124 cm³/mol. The third-order valence-electron chi connectivity index (χ3n) is 4.98. The van der Waals surface area contributed by atoms with Crippen molar-refractivity contribution < 1.29 is 28.5 Å². The second-order valence-electron chi connectivity index (χ2n) is 7.15. The maximum Gasteiger partial charge on any atom is 0.343 e. The maximum atomic E-state index is 12.7. The van der Waals surface area contributed by atoms with Gasteiger partial charge in [-0.2, -0.15) is 5.26 Å². The monoisotopic (exact) mass is 482 g/mol. The SMILES string of the molecule is CCOC(=O)C1=C(C)OC(N)=C(C#N)C1c1ccc(OC(=O)c2ccc(Cl)cc2)c(OCC)c1. The lowest BCUT2D eigenvalue weighted by Gasteiger charge is -2.27. The highest BCUT2D eigenvalue weighted by Gasteiger charge is 2.36. The van der Waals surface area contributed by atoms with Crippen LogP contribution in [0.1, 0.15) is 42.6 Å². The van der Waals surface area contributed by atoms with Gasteiger partial charge in [0.2, 0.25) is 5.88 Å². The number of carbonyl (C=O) groups excluding carboxylic acids is 2. The number of nitrogens with two attached hydrogens (primary N) is 1. The fourth-order valence-electron chi connectivity index (χ4n) is 3.49. The molecule has 2 N–H and O–H groups in total. The summed E-state index contributed by atoms with van der Waals surface area (Å²) in [4.78, 5) is 25.3. The number of hydrogen-bond donors (Lipinski definition) is 1. The van der Waals surface area contributed by atoms with Gasteiger partial charge in [0.25, 0.3) is 0 Å². The first-order valence-corrected chi connectivity index (χ1v) is 10.9. The number of allylic oxidation sites excluding steroid dienone is 2. The molecule has 8 nitrogen and oxygen atoms in total. The Morgan fingerprint density at radius 2 is 1.79 bits per heavy atom. The van der Waals surface area contributed by atoms with E-state index in [2.05, 4.69) is 0 Å². The van der Waals surface area contributed by atoms with E-state index in [1.807, 2.05) is 6.07 Å². The molecule has 0 radical (unpaired) electrons. The Labute approximate surface area is 202 Å². The smallest absolute Gasteiger partial charge is 0.343 e. The molecule has 2 aromatic carbocycles. The van der Waals surface area contributed by atoms with Crippen molar-refractivity contribution in [2.45, 2.75) is 26.7 Å². The normalized spacial score (nSPS) is 15.3. The van der Waals surface area contributed by atoms with Gasteiger partial charge in [-0.05, 0) is 62.7 Å². The van der Waals surface area contributed by atoms with E-state index >= 15 is 0 Å². The summed E-state index contributed by atoms with van der Waals surface area (Å²) in [7, 11) is 0. The summed E-state index contributed by atoms with van der Waals surface area (Å²) in [5.74, 6) is -1.51. The van der Waals surface area contributed by atoms with Gasteiger partial charge in [0.1, 0.15) is 17.4 Å². The van der Waals surface area contributed by atoms with E-state index < -0.39 is 17.9 Å². The van der Waals surface area contributed by atoms with Crippen molar-refractivity contribution in [2.24, 2.45) is 5.73 Å². The largest absolute Gasteiger partial charge is 0.490 e. The Bertz CT molecular complexity index is 1210. The minimum Gasteiger partial charge on any atom is -0.490 e. The molecule has 9 heteroatoms. The van der Waals surface area contributed by atoms with Gasteiger partial charge in [0.15, 0.2) is 11.5 Å². The van der Waals surface area contributed by atoms with Gasteiger partial charge in [0, 0.05) is 5.02 Å². The lowest BCUT2D eigenvalue weighted by Crippen LogP contribution is -2.25. The van der Waals surface area contributed by atoms with Gasteiger partial charge in [0.05, 0.1) is 30.3 Å². The van der Waals surface area contributed by atoms with Crippen molar-refractivity contribution in [2.75, 3.05) is 13.2 Å². The van der Waals surface area contributed by atoms with Gasteiger partial charge in [-0.15, -0.1) is 0 Å². The summed E-state index contributed by atoms with van der Waals surface area (Å²) in [6.07, 6.45) is 0. The van der Waals surface area contributed by atoms with Crippen LogP contribution in [-0.2, 0) is 14.3 Å². The van der Waals surface area contributed by atoms with Crippen molar-refractivity contribution in [3.8, 4) is 17.6 Å². The summed E-state index contributed by atoms with van der Waals surface area (Å²) in [6.45, 7) is 5.46. The zero-order valence-electron chi connectivity index (χ0n) is 18.9. The number of ether oxygens (including phenoxy) is 4. The van der Waals surface area contributed by atoms with E-state index in [-0.39, 0.29) is 47.5 Å². The van der Waals surface area contributed by atoms with Crippen LogP contribution in [0.25, 0.3) is 0 Å².